The molecule has 16 nitrogen and oxygen atoms in total. The van der Waals surface area contributed by atoms with Gasteiger partial charge in [-0.15, -0.1) is 0 Å². The van der Waals surface area contributed by atoms with Gasteiger partial charge in [0, 0.05) is 18.4 Å². The Morgan fingerprint density at radius 3 is 1.49 bits per heavy atom. The Labute approximate surface area is 244 Å². The molecule has 2 rings (SSSR count). The van der Waals surface area contributed by atoms with Crippen LogP contribution in [0.5, 0.6) is 0 Å². The SMILES string of the molecule is CN(CC(=O)O)c1ccc(C(=O)OCC(=O)OCCOC(=O)COC(=O)c2ccc(N(COC=O)COC=O)cc2)cc1. The van der Waals surface area contributed by atoms with Gasteiger partial charge in [-0.1, -0.05) is 0 Å². The Kier molecular flexibility index (Phi) is 14.0. The predicted octanol–water partition coefficient (Wildman–Crippen LogP) is 0.375. The van der Waals surface area contributed by atoms with Gasteiger partial charge >= 0.3 is 29.8 Å². The van der Waals surface area contributed by atoms with E-state index in [-0.39, 0.29) is 57.3 Å². The molecule has 2 aromatic rings. The number of carbonyl (C=O) groups excluding carboxylic acids is 6. The maximum Gasteiger partial charge on any atom is 0.344 e. The van der Waals surface area contributed by atoms with E-state index in [1.807, 2.05) is 0 Å². The first kappa shape index (κ1) is 33.5. The van der Waals surface area contributed by atoms with Gasteiger partial charge in [-0.2, -0.15) is 0 Å². The van der Waals surface area contributed by atoms with E-state index in [1.165, 1.54) is 58.3 Å². The van der Waals surface area contributed by atoms with Crippen LogP contribution in [-0.2, 0) is 52.4 Å². The van der Waals surface area contributed by atoms with Crippen LogP contribution in [-0.4, -0.2) is 101 Å². The average Bonchev–Trinajstić information content (AvgIpc) is 3.00. The minimum absolute atomic E-state index is 0.0917. The summed E-state index contributed by atoms with van der Waals surface area (Å²) in [5, 5.41) is 8.83. The van der Waals surface area contributed by atoms with E-state index >= 15 is 0 Å². The normalized spacial score (nSPS) is 9.98. The second-order valence-electron chi connectivity index (χ2n) is 8.26. The third-order valence-corrected chi connectivity index (χ3v) is 5.23. The molecule has 0 aliphatic heterocycles. The summed E-state index contributed by atoms with van der Waals surface area (Å²) in [4.78, 5) is 82.4. The van der Waals surface area contributed by atoms with E-state index in [0.29, 0.717) is 11.4 Å². The van der Waals surface area contributed by atoms with Gasteiger partial charge in [0.25, 0.3) is 12.9 Å². The van der Waals surface area contributed by atoms with Crippen LogP contribution in [0, 0.1) is 0 Å². The van der Waals surface area contributed by atoms with E-state index in [9.17, 15) is 33.6 Å². The van der Waals surface area contributed by atoms with E-state index in [4.69, 9.17) is 24.1 Å². The van der Waals surface area contributed by atoms with Gasteiger partial charge in [0.2, 0.25) is 0 Å². The molecule has 0 aliphatic rings. The van der Waals surface area contributed by atoms with Crippen LogP contribution in [0.25, 0.3) is 0 Å². The Bertz CT molecular complexity index is 1250. The zero-order valence-electron chi connectivity index (χ0n) is 22.9. The number of aliphatic carboxylic acids is 1. The van der Waals surface area contributed by atoms with E-state index in [2.05, 4.69) is 9.47 Å². The number of carboxylic acids is 1. The number of carbonyl (C=O) groups is 7. The second-order valence-corrected chi connectivity index (χ2v) is 8.26. The third-order valence-electron chi connectivity index (χ3n) is 5.23. The van der Waals surface area contributed by atoms with Gasteiger partial charge in [0.1, 0.15) is 19.8 Å². The summed E-state index contributed by atoms with van der Waals surface area (Å²) in [6.07, 6.45) is 0. The van der Waals surface area contributed by atoms with Crippen LogP contribution < -0.4 is 9.80 Å². The molecule has 43 heavy (non-hydrogen) atoms. The summed E-state index contributed by atoms with van der Waals surface area (Å²) < 4.78 is 28.7. The average molecular weight is 605 g/mol. The smallest absolute Gasteiger partial charge is 0.344 e. The molecule has 1 N–H and O–H groups in total. The quantitative estimate of drug-likeness (QED) is 0.0757. The largest absolute Gasteiger partial charge is 0.480 e. The first-order valence-corrected chi connectivity index (χ1v) is 12.3. The summed E-state index contributed by atoms with van der Waals surface area (Å²) in [6, 6.07) is 11.6. The van der Waals surface area contributed by atoms with Gasteiger partial charge in [0.15, 0.2) is 26.7 Å². The first-order valence-electron chi connectivity index (χ1n) is 12.3. The molecule has 0 bridgehead atoms. The number of carboxylic acid groups (broad SMARTS) is 1. The molecule has 0 saturated carbocycles. The monoisotopic (exact) mass is 604 g/mol. The summed E-state index contributed by atoms with van der Waals surface area (Å²) in [5.74, 6) is -4.46. The standard InChI is InChI=1S/C27H28N2O14/c1-28(12-23(32)33)21-6-2-19(3-7-21)26(36)42-13-24(34)40-10-11-41-25(35)14-43-27(37)20-4-8-22(9-5-20)29(15-38-17-30)16-39-18-31/h2-9,17-18H,10-16H2,1H3,(H,32,33). The highest BCUT2D eigenvalue weighted by molar-refractivity contribution is 5.92. The van der Waals surface area contributed by atoms with Gasteiger partial charge < -0.3 is 43.3 Å². The highest BCUT2D eigenvalue weighted by atomic mass is 16.6. The number of hydrogen-bond donors (Lipinski definition) is 1. The maximum absolute atomic E-state index is 12.2. The molecule has 16 heteroatoms. The lowest BCUT2D eigenvalue weighted by Crippen LogP contribution is -2.28. The molecule has 0 aliphatic carbocycles. The molecule has 0 fully saturated rings. The molecule has 0 amide bonds. The Hall–Kier alpha value is -5.67. The predicted molar refractivity (Wildman–Crippen MR) is 143 cm³/mol. The number of ether oxygens (including phenoxy) is 6. The molecular weight excluding hydrogens is 576 g/mol. The van der Waals surface area contributed by atoms with Crippen molar-refractivity contribution in [3.63, 3.8) is 0 Å². The van der Waals surface area contributed by atoms with E-state index in [1.54, 1.807) is 7.05 Å². The van der Waals surface area contributed by atoms with Gasteiger partial charge in [-0.05, 0) is 48.5 Å². The van der Waals surface area contributed by atoms with Gasteiger partial charge in [-0.3, -0.25) is 14.4 Å². The minimum atomic E-state index is -1.01. The minimum Gasteiger partial charge on any atom is -0.480 e. The maximum atomic E-state index is 12.2. The highest BCUT2D eigenvalue weighted by Crippen LogP contribution is 2.16. The fourth-order valence-corrected chi connectivity index (χ4v) is 3.19. The Morgan fingerprint density at radius 1 is 0.674 bits per heavy atom. The molecule has 0 saturated heterocycles. The molecule has 0 atom stereocenters. The topological polar surface area (TPSA) is 202 Å². The van der Waals surface area contributed by atoms with Crippen LogP contribution >= 0.6 is 0 Å². The lowest BCUT2D eigenvalue weighted by molar-refractivity contribution is -0.155. The number of nitrogens with zero attached hydrogens (tertiary/aromatic N) is 2. The highest BCUT2D eigenvalue weighted by Gasteiger charge is 2.15. The van der Waals surface area contributed by atoms with Crippen molar-refractivity contribution < 1.29 is 67.1 Å². The number of hydrogen-bond acceptors (Lipinski definition) is 15. The first-order chi connectivity index (χ1) is 20.6. The number of esters is 4. The third kappa shape index (κ3) is 12.2. The van der Waals surface area contributed by atoms with Crippen LogP contribution in [0.1, 0.15) is 20.7 Å². The fourth-order valence-electron chi connectivity index (χ4n) is 3.19. The van der Waals surface area contributed by atoms with E-state index in [0.717, 1.165) is 0 Å². The molecule has 230 valence electrons. The zero-order valence-corrected chi connectivity index (χ0v) is 22.9. The summed E-state index contributed by atoms with van der Waals surface area (Å²) >= 11 is 0. The second kappa shape index (κ2) is 17.9. The Balaban J connectivity index is 1.66. The number of benzene rings is 2. The number of likely N-dealkylation sites (N-methyl/N-ethyl adjacent to an activating group) is 1. The van der Waals surface area contributed by atoms with Crippen molar-refractivity contribution in [3.8, 4) is 0 Å². The van der Waals surface area contributed by atoms with Crippen molar-refractivity contribution in [2.24, 2.45) is 0 Å². The van der Waals surface area contributed by atoms with Crippen LogP contribution in [0.4, 0.5) is 11.4 Å². The van der Waals surface area contributed by atoms with Crippen molar-refractivity contribution in [2.45, 2.75) is 0 Å². The summed E-state index contributed by atoms with van der Waals surface area (Å²) in [5.41, 5.74) is 1.25. The molecule has 2 aromatic carbocycles. The molecule has 0 radical (unpaired) electrons. The van der Waals surface area contributed by atoms with Crippen molar-refractivity contribution in [1.82, 2.24) is 0 Å². The van der Waals surface area contributed by atoms with E-state index < -0.39 is 43.1 Å². The van der Waals surface area contributed by atoms with Crippen molar-refractivity contribution >= 4 is 54.2 Å². The molecule has 0 aromatic heterocycles. The molecule has 0 heterocycles. The van der Waals surface area contributed by atoms with Crippen LogP contribution in [0.15, 0.2) is 48.5 Å². The molecule has 0 unspecified atom stereocenters. The summed E-state index contributed by atoms with van der Waals surface area (Å²) in [7, 11) is 1.57. The van der Waals surface area contributed by atoms with Crippen molar-refractivity contribution in [1.29, 1.82) is 0 Å². The Morgan fingerprint density at radius 2 is 1.09 bits per heavy atom. The summed E-state index contributed by atoms with van der Waals surface area (Å²) in [6.45, 7) is -2.32. The van der Waals surface area contributed by atoms with Gasteiger partial charge in [0.05, 0.1) is 11.1 Å². The van der Waals surface area contributed by atoms with Crippen molar-refractivity contribution in [3.05, 3.63) is 59.7 Å². The lowest BCUT2D eigenvalue weighted by Gasteiger charge is -2.22. The molecular formula is C27H28N2O14. The van der Waals surface area contributed by atoms with Crippen LogP contribution in [0.3, 0.4) is 0 Å². The lowest BCUT2D eigenvalue weighted by atomic mass is 10.2. The number of rotatable bonds is 19. The van der Waals surface area contributed by atoms with Gasteiger partial charge in [-0.25, -0.2) is 19.2 Å². The fraction of sp³-hybridized carbons (Fsp3) is 0.296. The van der Waals surface area contributed by atoms with Crippen molar-refractivity contribution in [2.75, 3.05) is 63.3 Å². The number of anilines is 2. The van der Waals surface area contributed by atoms with Crippen LogP contribution in [0.2, 0.25) is 0 Å². The molecule has 0 spiro atoms. The zero-order chi connectivity index (χ0) is 31.6.